The van der Waals surface area contributed by atoms with Crippen LogP contribution in [0.4, 0.5) is 4.79 Å². The van der Waals surface area contributed by atoms with Gasteiger partial charge in [0.2, 0.25) is 0 Å². The van der Waals surface area contributed by atoms with E-state index in [4.69, 9.17) is 18.9 Å². The molecule has 0 aromatic heterocycles. The second-order valence-corrected chi connectivity index (χ2v) is 11.6. The molecule has 1 aliphatic rings. The highest BCUT2D eigenvalue weighted by Gasteiger charge is 2.32. The normalized spacial score (nSPS) is 14.4. The van der Waals surface area contributed by atoms with Gasteiger partial charge in [0, 0.05) is 5.70 Å². The van der Waals surface area contributed by atoms with Gasteiger partial charge in [-0.1, -0.05) is 42.5 Å². The van der Waals surface area contributed by atoms with Gasteiger partial charge in [0.1, 0.15) is 12.4 Å². The van der Waals surface area contributed by atoms with E-state index in [9.17, 15) is 14.4 Å². The molecule has 1 heterocycles. The lowest BCUT2D eigenvalue weighted by Gasteiger charge is -2.28. The van der Waals surface area contributed by atoms with E-state index in [1.165, 1.54) is 24.1 Å². The number of fused-ring (bicyclic) bond motifs is 1. The molecular formula is C35H33IN4O7. The maximum Gasteiger partial charge on any atom is 0.338 e. The van der Waals surface area contributed by atoms with Crippen molar-refractivity contribution >= 4 is 57.5 Å². The van der Waals surface area contributed by atoms with Gasteiger partial charge < -0.3 is 29.6 Å². The van der Waals surface area contributed by atoms with Gasteiger partial charge in [0.25, 0.3) is 5.91 Å². The number of urea groups is 1. The molecule has 47 heavy (non-hydrogen) atoms. The molecule has 0 fully saturated rings. The van der Waals surface area contributed by atoms with Crippen molar-refractivity contribution in [1.82, 2.24) is 16.1 Å². The topological polar surface area (TPSA) is 137 Å². The zero-order valence-electron chi connectivity index (χ0n) is 26.0. The summed E-state index contributed by atoms with van der Waals surface area (Å²) in [7, 11) is 1.45. The largest absolute Gasteiger partial charge is 0.493 e. The maximum atomic E-state index is 12.6. The van der Waals surface area contributed by atoms with E-state index in [-0.39, 0.29) is 18.8 Å². The number of carbonyl (C=O) groups is 3. The first-order valence-corrected chi connectivity index (χ1v) is 15.8. The summed E-state index contributed by atoms with van der Waals surface area (Å²) in [6, 6.07) is 23.8. The summed E-state index contributed by atoms with van der Waals surface area (Å²) >= 11 is 2.21. The molecule has 4 aromatic carbocycles. The second-order valence-electron chi connectivity index (χ2n) is 10.4. The van der Waals surface area contributed by atoms with Gasteiger partial charge in [-0.25, -0.2) is 15.0 Å². The van der Waals surface area contributed by atoms with Crippen molar-refractivity contribution in [3.63, 3.8) is 0 Å². The third-order valence-electron chi connectivity index (χ3n) is 7.21. The number of methoxy groups -OCH3 is 1. The molecule has 1 aliphatic heterocycles. The Balaban J connectivity index is 1.15. The Labute approximate surface area is 285 Å². The molecule has 242 valence electrons. The molecule has 11 nitrogen and oxygen atoms in total. The van der Waals surface area contributed by atoms with Crippen molar-refractivity contribution in [3.8, 4) is 17.2 Å². The third kappa shape index (κ3) is 8.38. The van der Waals surface area contributed by atoms with Gasteiger partial charge in [0.15, 0.2) is 18.1 Å². The Morgan fingerprint density at radius 1 is 0.957 bits per heavy atom. The molecule has 0 radical (unpaired) electrons. The number of ether oxygens (including phenoxy) is 4. The minimum atomic E-state index is -0.767. The first kappa shape index (κ1) is 33.3. The minimum Gasteiger partial charge on any atom is -0.493 e. The highest BCUT2D eigenvalue weighted by molar-refractivity contribution is 14.1. The number of allylic oxidation sites excluding steroid dienone is 1. The fourth-order valence-corrected chi connectivity index (χ4v) is 5.66. The Morgan fingerprint density at radius 3 is 2.51 bits per heavy atom. The Hall–Kier alpha value is -5.11. The maximum absolute atomic E-state index is 12.6. The predicted octanol–water partition coefficient (Wildman–Crippen LogP) is 5.75. The molecule has 4 aromatic rings. The van der Waals surface area contributed by atoms with E-state index in [1.54, 1.807) is 32.0 Å². The molecule has 5 rings (SSSR count). The van der Waals surface area contributed by atoms with E-state index in [0.717, 1.165) is 20.4 Å². The monoisotopic (exact) mass is 748 g/mol. The molecule has 0 bridgehead atoms. The summed E-state index contributed by atoms with van der Waals surface area (Å²) in [5.74, 6) is 0.327. The van der Waals surface area contributed by atoms with Crippen LogP contribution in [-0.2, 0) is 20.9 Å². The van der Waals surface area contributed by atoms with Crippen LogP contribution < -0.4 is 30.3 Å². The van der Waals surface area contributed by atoms with Crippen molar-refractivity contribution in [2.24, 2.45) is 5.10 Å². The summed E-state index contributed by atoms with van der Waals surface area (Å²) < 4.78 is 23.3. The molecule has 0 saturated carbocycles. The SMILES string of the molecule is CCOC(=O)C1=C(C)NC(=O)N[C@@H]1c1ccc(OCC(=O)N/N=C\c2ccc(OCc3ccc4ccccc4c3)c(I)c2)c(OC)c1. The summed E-state index contributed by atoms with van der Waals surface area (Å²) in [4.78, 5) is 37.3. The van der Waals surface area contributed by atoms with Crippen LogP contribution in [0, 0.1) is 3.57 Å². The fourth-order valence-electron chi connectivity index (χ4n) is 4.96. The summed E-state index contributed by atoms with van der Waals surface area (Å²) in [5.41, 5.74) is 5.55. The van der Waals surface area contributed by atoms with Crippen LogP contribution in [0.5, 0.6) is 17.2 Å². The zero-order valence-corrected chi connectivity index (χ0v) is 28.1. The lowest BCUT2D eigenvalue weighted by atomic mass is 9.95. The van der Waals surface area contributed by atoms with Crippen molar-refractivity contribution in [1.29, 1.82) is 0 Å². The number of esters is 1. The lowest BCUT2D eigenvalue weighted by molar-refractivity contribution is -0.139. The number of benzene rings is 4. The number of amides is 3. The summed E-state index contributed by atoms with van der Waals surface area (Å²) in [6.45, 7) is 3.64. The number of carbonyl (C=O) groups excluding carboxylic acids is 3. The molecule has 0 unspecified atom stereocenters. The second kappa shape index (κ2) is 15.5. The van der Waals surface area contributed by atoms with Gasteiger partial charge >= 0.3 is 12.0 Å². The lowest BCUT2D eigenvalue weighted by Crippen LogP contribution is -2.45. The van der Waals surface area contributed by atoms with Crippen LogP contribution in [0.3, 0.4) is 0 Å². The van der Waals surface area contributed by atoms with Gasteiger partial charge in [-0.2, -0.15) is 5.10 Å². The van der Waals surface area contributed by atoms with E-state index in [2.05, 4.69) is 74.1 Å². The fraction of sp³-hybridized carbons (Fsp3) is 0.200. The molecule has 3 N–H and O–H groups in total. The van der Waals surface area contributed by atoms with Crippen LogP contribution >= 0.6 is 22.6 Å². The Morgan fingerprint density at radius 2 is 1.74 bits per heavy atom. The zero-order chi connectivity index (χ0) is 33.3. The Bertz CT molecular complexity index is 1870. The number of hydrogen-bond donors (Lipinski definition) is 3. The van der Waals surface area contributed by atoms with Crippen molar-refractivity contribution in [3.05, 3.63) is 110 Å². The van der Waals surface area contributed by atoms with E-state index >= 15 is 0 Å². The minimum absolute atomic E-state index is 0.187. The standard InChI is InChI=1S/C35H33IN4O7/c1-4-45-34(42)32-21(2)38-35(43)39-33(32)26-12-14-29(30(17-26)44-3)47-20-31(41)40-37-18-22-10-13-28(27(36)16-22)46-19-23-9-11-24-7-5-6-8-25(24)15-23/h5-18,33H,4,19-20H2,1-3H3,(H,40,41)(H2,38,39,43)/b37-18-/t33-/m1/s1. The summed E-state index contributed by atoms with van der Waals surface area (Å²) in [5, 5.41) is 11.7. The van der Waals surface area contributed by atoms with Gasteiger partial charge in [-0.05, 0) is 100 Å². The highest BCUT2D eigenvalue weighted by Crippen LogP contribution is 2.34. The van der Waals surface area contributed by atoms with Crippen molar-refractivity contribution in [2.45, 2.75) is 26.5 Å². The van der Waals surface area contributed by atoms with Crippen LogP contribution in [0.15, 0.2) is 95.2 Å². The van der Waals surface area contributed by atoms with Gasteiger partial charge in [-0.3, -0.25) is 4.79 Å². The van der Waals surface area contributed by atoms with E-state index in [0.29, 0.717) is 29.4 Å². The third-order valence-corrected chi connectivity index (χ3v) is 8.05. The smallest absolute Gasteiger partial charge is 0.338 e. The van der Waals surface area contributed by atoms with Crippen molar-refractivity contribution < 1.29 is 33.3 Å². The average molecular weight is 749 g/mol. The van der Waals surface area contributed by atoms with Gasteiger partial charge in [-0.15, -0.1) is 0 Å². The molecule has 12 heteroatoms. The molecule has 3 amide bonds. The first-order chi connectivity index (χ1) is 22.7. The molecule has 0 aliphatic carbocycles. The molecular weight excluding hydrogens is 715 g/mol. The number of nitrogens with zero attached hydrogens (tertiary/aromatic N) is 1. The Kier molecular flexibility index (Phi) is 10.9. The number of rotatable bonds is 12. The predicted molar refractivity (Wildman–Crippen MR) is 185 cm³/mol. The molecule has 0 spiro atoms. The molecule has 0 saturated heterocycles. The molecule has 1 atom stereocenters. The summed E-state index contributed by atoms with van der Waals surface area (Å²) in [6.07, 6.45) is 1.53. The number of halogens is 1. The number of hydrogen-bond acceptors (Lipinski definition) is 8. The number of nitrogens with one attached hydrogen (secondary N) is 3. The van der Waals surface area contributed by atoms with E-state index < -0.39 is 23.9 Å². The van der Waals surface area contributed by atoms with Gasteiger partial charge in [0.05, 0.1) is 35.1 Å². The van der Waals surface area contributed by atoms with E-state index in [1.807, 2.05) is 30.3 Å². The average Bonchev–Trinajstić information content (AvgIpc) is 3.06. The van der Waals surface area contributed by atoms with Crippen molar-refractivity contribution in [2.75, 3.05) is 20.3 Å². The quantitative estimate of drug-likeness (QED) is 0.0727. The number of hydrazone groups is 1. The van der Waals surface area contributed by atoms with Crippen LogP contribution in [0.25, 0.3) is 10.8 Å². The first-order valence-electron chi connectivity index (χ1n) is 14.7. The van der Waals surface area contributed by atoms with Crippen LogP contribution in [0.1, 0.15) is 36.6 Å². The van der Waals surface area contributed by atoms with Crippen LogP contribution in [-0.4, -0.2) is 44.4 Å². The highest BCUT2D eigenvalue weighted by atomic mass is 127. The van der Waals surface area contributed by atoms with Crippen LogP contribution in [0.2, 0.25) is 0 Å².